The largest absolute Gasteiger partial charge is 0.328 e. The molecule has 7 heteroatoms. The number of carbonyl (C=O) groups is 2. The fraction of sp³-hybridized carbons (Fsp3) is 0.280. The smallest absolute Gasteiger partial charge is 0.254 e. The van der Waals surface area contributed by atoms with Crippen LogP contribution in [0.15, 0.2) is 72.4 Å². The lowest BCUT2D eigenvalue weighted by Gasteiger charge is -2.25. The van der Waals surface area contributed by atoms with Gasteiger partial charge in [0.1, 0.15) is 0 Å². The molecule has 0 N–H and O–H groups in total. The number of likely N-dealkylation sites (tertiary alicyclic amines) is 1. The van der Waals surface area contributed by atoms with Gasteiger partial charge in [-0.05, 0) is 31.4 Å². The van der Waals surface area contributed by atoms with Crippen molar-refractivity contribution in [1.82, 2.24) is 19.7 Å². The predicted octanol–water partition coefficient (Wildman–Crippen LogP) is 4.72. The van der Waals surface area contributed by atoms with Crippen LogP contribution in [0.5, 0.6) is 0 Å². The zero-order chi connectivity index (χ0) is 22.5. The molecule has 32 heavy (non-hydrogen) atoms. The lowest BCUT2D eigenvalue weighted by atomic mass is 10.1. The molecule has 1 aliphatic rings. The molecule has 0 spiro atoms. The normalized spacial score (nSPS) is 15.7. The summed E-state index contributed by atoms with van der Waals surface area (Å²) in [5.41, 5.74) is 2.37. The maximum atomic E-state index is 13.3. The Hall–Kier alpha value is -3.19. The highest BCUT2D eigenvalue weighted by Crippen LogP contribution is 2.34. The molecule has 1 atom stereocenters. The van der Waals surface area contributed by atoms with Crippen molar-refractivity contribution in [2.45, 2.75) is 37.5 Å². The Bertz CT molecular complexity index is 1130. The number of hydrogen-bond donors (Lipinski definition) is 0. The fourth-order valence-electron chi connectivity index (χ4n) is 4.04. The second kappa shape index (κ2) is 9.96. The summed E-state index contributed by atoms with van der Waals surface area (Å²) in [6.45, 7) is 7.03. The number of ketones is 1. The number of hydrogen-bond acceptors (Lipinski definition) is 5. The number of nitrogens with zero attached hydrogens (tertiary/aromatic N) is 4. The van der Waals surface area contributed by atoms with Gasteiger partial charge in [0.05, 0.1) is 11.8 Å². The Labute approximate surface area is 192 Å². The van der Waals surface area contributed by atoms with Gasteiger partial charge in [0.2, 0.25) is 0 Å². The summed E-state index contributed by atoms with van der Waals surface area (Å²) in [5, 5.41) is 9.49. The molecule has 4 rings (SSSR count). The van der Waals surface area contributed by atoms with Crippen molar-refractivity contribution >= 4 is 23.5 Å². The third kappa shape index (κ3) is 4.53. The average Bonchev–Trinajstić information content (AvgIpc) is 3.45. The monoisotopic (exact) mass is 446 g/mol. The number of Topliss-reactive ketones (excluding diaryl/α,β-unsaturated/α-hetero) is 1. The topological polar surface area (TPSA) is 68.1 Å². The van der Waals surface area contributed by atoms with Crippen LogP contribution >= 0.6 is 11.8 Å². The molecule has 1 amide bonds. The lowest BCUT2D eigenvalue weighted by Crippen LogP contribution is -2.32. The maximum Gasteiger partial charge on any atom is 0.254 e. The van der Waals surface area contributed by atoms with Gasteiger partial charge in [0.25, 0.3) is 5.91 Å². The van der Waals surface area contributed by atoms with Crippen molar-refractivity contribution in [1.29, 1.82) is 0 Å². The molecule has 1 unspecified atom stereocenters. The van der Waals surface area contributed by atoms with Gasteiger partial charge in [-0.1, -0.05) is 66.4 Å². The zero-order valence-corrected chi connectivity index (χ0v) is 18.9. The number of benzene rings is 2. The number of amides is 1. The van der Waals surface area contributed by atoms with E-state index in [9.17, 15) is 9.59 Å². The van der Waals surface area contributed by atoms with Crippen LogP contribution in [0.3, 0.4) is 0 Å². The van der Waals surface area contributed by atoms with Crippen molar-refractivity contribution in [3.05, 3.63) is 89.8 Å². The number of aryl methyl sites for hydroxylation is 1. The fourth-order valence-corrected chi connectivity index (χ4v) is 4.89. The van der Waals surface area contributed by atoms with Gasteiger partial charge in [-0.15, -0.1) is 16.8 Å². The van der Waals surface area contributed by atoms with Crippen LogP contribution in [0.4, 0.5) is 0 Å². The Morgan fingerprint density at radius 3 is 2.62 bits per heavy atom. The van der Waals surface area contributed by atoms with Crippen LogP contribution in [-0.2, 0) is 6.54 Å². The van der Waals surface area contributed by atoms with Gasteiger partial charge in [0.15, 0.2) is 16.8 Å². The van der Waals surface area contributed by atoms with Gasteiger partial charge >= 0.3 is 0 Å². The minimum atomic E-state index is -0.145. The van der Waals surface area contributed by atoms with Crippen molar-refractivity contribution in [2.24, 2.45) is 0 Å². The number of aromatic nitrogens is 3. The molecule has 164 valence electrons. The molecule has 3 aromatic rings. The molecule has 1 saturated heterocycles. The summed E-state index contributed by atoms with van der Waals surface area (Å²) in [4.78, 5) is 27.7. The third-order valence-electron chi connectivity index (χ3n) is 5.67. The van der Waals surface area contributed by atoms with Gasteiger partial charge in [-0.3, -0.25) is 9.59 Å². The van der Waals surface area contributed by atoms with E-state index < -0.39 is 0 Å². The standard InChI is InChI=1S/C25H26N4O2S/c1-3-15-29-23(26-27-25(29)32-17-22(30)19-11-5-4-6-12-19)21-14-9-16-28(21)24(31)20-13-8-7-10-18(20)2/h3-8,10-13,21H,1,9,14-17H2,2H3. The molecule has 0 bridgehead atoms. The second-order valence-electron chi connectivity index (χ2n) is 7.79. The summed E-state index contributed by atoms with van der Waals surface area (Å²) in [7, 11) is 0. The molecule has 1 aromatic heterocycles. The van der Waals surface area contributed by atoms with E-state index in [1.54, 1.807) is 6.08 Å². The van der Waals surface area contributed by atoms with Crippen LogP contribution in [0, 0.1) is 6.92 Å². The van der Waals surface area contributed by atoms with E-state index in [0.29, 0.717) is 23.8 Å². The summed E-state index contributed by atoms with van der Waals surface area (Å²) in [6, 6.07) is 16.8. The highest BCUT2D eigenvalue weighted by Gasteiger charge is 2.35. The van der Waals surface area contributed by atoms with Gasteiger partial charge in [0, 0.05) is 24.2 Å². The molecule has 2 aromatic carbocycles. The minimum Gasteiger partial charge on any atom is -0.328 e. The first-order chi connectivity index (χ1) is 15.6. The molecule has 0 radical (unpaired) electrons. The van der Waals surface area contributed by atoms with Crippen molar-refractivity contribution in [3.8, 4) is 0 Å². The molecule has 1 fully saturated rings. The molecule has 0 saturated carbocycles. The molecule has 1 aliphatic heterocycles. The molecule has 2 heterocycles. The summed E-state index contributed by atoms with van der Waals surface area (Å²) in [5.74, 6) is 1.09. The van der Waals surface area contributed by atoms with E-state index in [1.165, 1.54) is 11.8 Å². The summed E-state index contributed by atoms with van der Waals surface area (Å²) < 4.78 is 1.98. The van der Waals surface area contributed by atoms with Gasteiger partial charge in [-0.25, -0.2) is 0 Å². The first-order valence-corrected chi connectivity index (χ1v) is 11.7. The van der Waals surface area contributed by atoms with Crippen molar-refractivity contribution in [2.75, 3.05) is 12.3 Å². The van der Waals surface area contributed by atoms with Crippen LogP contribution < -0.4 is 0 Å². The first kappa shape index (κ1) is 22.0. The van der Waals surface area contributed by atoms with E-state index in [2.05, 4.69) is 16.8 Å². The Morgan fingerprint density at radius 1 is 1.12 bits per heavy atom. The van der Waals surface area contributed by atoms with E-state index in [4.69, 9.17) is 0 Å². The molecule has 0 aliphatic carbocycles. The molecule has 6 nitrogen and oxygen atoms in total. The van der Waals surface area contributed by atoms with E-state index >= 15 is 0 Å². The van der Waals surface area contributed by atoms with Crippen LogP contribution in [0.1, 0.15) is 51.0 Å². The summed E-state index contributed by atoms with van der Waals surface area (Å²) >= 11 is 1.37. The minimum absolute atomic E-state index is 0.0206. The zero-order valence-electron chi connectivity index (χ0n) is 18.1. The molecular weight excluding hydrogens is 420 g/mol. The van der Waals surface area contributed by atoms with Crippen molar-refractivity contribution in [3.63, 3.8) is 0 Å². The average molecular weight is 447 g/mol. The maximum absolute atomic E-state index is 13.3. The Balaban J connectivity index is 1.56. The highest BCUT2D eigenvalue weighted by atomic mass is 32.2. The first-order valence-electron chi connectivity index (χ1n) is 10.7. The Morgan fingerprint density at radius 2 is 1.88 bits per heavy atom. The number of rotatable bonds is 8. The van der Waals surface area contributed by atoms with Crippen LogP contribution in [0.25, 0.3) is 0 Å². The predicted molar refractivity (Wildman–Crippen MR) is 126 cm³/mol. The third-order valence-corrected chi connectivity index (χ3v) is 6.64. The summed E-state index contributed by atoms with van der Waals surface area (Å²) in [6.07, 6.45) is 3.54. The second-order valence-corrected chi connectivity index (χ2v) is 8.73. The van der Waals surface area contributed by atoms with E-state index in [1.807, 2.05) is 71.0 Å². The highest BCUT2D eigenvalue weighted by molar-refractivity contribution is 7.99. The van der Waals surface area contributed by atoms with Gasteiger partial charge < -0.3 is 9.47 Å². The SMILES string of the molecule is C=CCn1c(SCC(=O)c2ccccc2)nnc1C1CCCN1C(=O)c1ccccc1C. The number of carbonyl (C=O) groups excluding carboxylic acids is 2. The lowest BCUT2D eigenvalue weighted by molar-refractivity contribution is 0.0726. The van der Waals surface area contributed by atoms with Crippen LogP contribution in [-0.4, -0.2) is 43.7 Å². The number of thioether (sulfide) groups is 1. The molecular formula is C25H26N4O2S. The quantitative estimate of drug-likeness (QED) is 0.284. The Kier molecular flexibility index (Phi) is 6.85. The van der Waals surface area contributed by atoms with Gasteiger partial charge in [-0.2, -0.15) is 0 Å². The van der Waals surface area contributed by atoms with Crippen LogP contribution in [0.2, 0.25) is 0 Å². The number of allylic oxidation sites excluding steroid dienone is 1. The van der Waals surface area contributed by atoms with Crippen molar-refractivity contribution < 1.29 is 9.59 Å². The van der Waals surface area contributed by atoms with E-state index in [-0.39, 0.29) is 23.5 Å². The van der Waals surface area contributed by atoms with E-state index in [0.717, 1.165) is 29.8 Å².